The first-order valence-corrected chi connectivity index (χ1v) is 6.79. The molecule has 0 spiro atoms. The van der Waals surface area contributed by atoms with Crippen LogP contribution in [0.1, 0.15) is 41.6 Å². The SMILES string of the molecule is O=C(C1=CCCCC1)c1ccc(Br)c(C(F)(F)F)c1. The number of alkyl halides is 3. The lowest BCUT2D eigenvalue weighted by atomic mass is 9.92. The van der Waals surface area contributed by atoms with Gasteiger partial charge in [-0.05, 0) is 49.5 Å². The smallest absolute Gasteiger partial charge is 0.289 e. The number of hydrogen-bond donors (Lipinski definition) is 0. The van der Waals surface area contributed by atoms with E-state index in [1.165, 1.54) is 12.1 Å². The standard InChI is InChI=1S/C14H12BrF3O/c15-12-7-6-10(8-11(12)14(16,17)18)13(19)9-4-2-1-3-5-9/h4,6-8H,1-3,5H2. The maximum atomic E-state index is 12.8. The van der Waals surface area contributed by atoms with Gasteiger partial charge in [-0.3, -0.25) is 4.79 Å². The van der Waals surface area contributed by atoms with Crippen molar-refractivity contribution >= 4 is 21.7 Å². The largest absolute Gasteiger partial charge is 0.417 e. The second-order valence-electron chi connectivity index (χ2n) is 4.50. The van der Waals surface area contributed by atoms with E-state index < -0.39 is 11.7 Å². The Bertz CT molecular complexity index is 532. The minimum Gasteiger partial charge on any atom is -0.289 e. The molecule has 1 aliphatic carbocycles. The average Bonchev–Trinajstić information content (AvgIpc) is 2.38. The zero-order valence-corrected chi connectivity index (χ0v) is 11.6. The highest BCUT2D eigenvalue weighted by atomic mass is 79.9. The van der Waals surface area contributed by atoms with Crippen molar-refractivity contribution in [1.82, 2.24) is 0 Å². The monoisotopic (exact) mass is 332 g/mol. The first-order valence-electron chi connectivity index (χ1n) is 6.00. The molecule has 0 aliphatic heterocycles. The highest BCUT2D eigenvalue weighted by Gasteiger charge is 2.33. The van der Waals surface area contributed by atoms with E-state index in [-0.39, 0.29) is 15.8 Å². The molecule has 1 aromatic carbocycles. The fraction of sp³-hybridized carbons (Fsp3) is 0.357. The second-order valence-corrected chi connectivity index (χ2v) is 5.35. The molecule has 1 aromatic rings. The lowest BCUT2D eigenvalue weighted by Gasteiger charge is -2.14. The van der Waals surface area contributed by atoms with Crippen molar-refractivity contribution in [1.29, 1.82) is 0 Å². The maximum Gasteiger partial charge on any atom is 0.417 e. The lowest BCUT2D eigenvalue weighted by molar-refractivity contribution is -0.138. The number of benzene rings is 1. The molecule has 1 aliphatic rings. The summed E-state index contributed by atoms with van der Waals surface area (Å²) in [7, 11) is 0. The van der Waals surface area contributed by atoms with Gasteiger partial charge < -0.3 is 0 Å². The third kappa shape index (κ3) is 3.26. The third-order valence-corrected chi connectivity index (χ3v) is 3.81. The summed E-state index contributed by atoms with van der Waals surface area (Å²) in [6, 6.07) is 3.62. The van der Waals surface area contributed by atoms with Crippen LogP contribution < -0.4 is 0 Å². The molecule has 0 unspecified atom stereocenters. The van der Waals surface area contributed by atoms with Crippen LogP contribution in [0.3, 0.4) is 0 Å². The minimum atomic E-state index is -4.46. The van der Waals surface area contributed by atoms with Crippen molar-refractivity contribution in [2.24, 2.45) is 0 Å². The Morgan fingerprint density at radius 1 is 1.21 bits per heavy atom. The average molecular weight is 333 g/mol. The Morgan fingerprint density at radius 3 is 2.53 bits per heavy atom. The van der Waals surface area contributed by atoms with E-state index in [1.807, 2.05) is 6.08 Å². The second kappa shape index (κ2) is 5.49. The number of Topliss-reactive ketones (excluding diaryl/α,β-unsaturated/α-hetero) is 1. The lowest BCUT2D eigenvalue weighted by Crippen LogP contribution is -2.11. The van der Waals surface area contributed by atoms with Crippen molar-refractivity contribution in [3.8, 4) is 0 Å². The highest BCUT2D eigenvalue weighted by molar-refractivity contribution is 9.10. The van der Waals surface area contributed by atoms with Crippen LogP contribution in [0.5, 0.6) is 0 Å². The minimum absolute atomic E-state index is 0.0471. The molecule has 0 aromatic heterocycles. The van der Waals surface area contributed by atoms with Gasteiger partial charge in [0.2, 0.25) is 0 Å². The topological polar surface area (TPSA) is 17.1 Å². The van der Waals surface area contributed by atoms with Crippen LogP contribution in [-0.2, 0) is 6.18 Å². The molecule has 0 radical (unpaired) electrons. The normalized spacial score (nSPS) is 16.1. The van der Waals surface area contributed by atoms with Gasteiger partial charge >= 0.3 is 6.18 Å². The summed E-state index contributed by atoms with van der Waals surface area (Å²) in [4.78, 5) is 12.1. The summed E-state index contributed by atoms with van der Waals surface area (Å²) in [5.41, 5.74) is -0.0832. The number of hydrogen-bond acceptors (Lipinski definition) is 1. The van der Waals surface area contributed by atoms with Crippen LogP contribution in [0.15, 0.2) is 34.3 Å². The predicted octanol–water partition coefficient (Wildman–Crippen LogP) is 5.15. The molecule has 102 valence electrons. The van der Waals surface area contributed by atoms with Gasteiger partial charge in [-0.25, -0.2) is 0 Å². The molecule has 2 rings (SSSR count). The Balaban J connectivity index is 2.36. The molecule has 0 saturated carbocycles. The van der Waals surface area contributed by atoms with Crippen LogP contribution in [0, 0.1) is 0 Å². The van der Waals surface area contributed by atoms with Gasteiger partial charge in [-0.15, -0.1) is 0 Å². The first-order chi connectivity index (χ1) is 8.89. The van der Waals surface area contributed by atoms with Gasteiger partial charge in [0.1, 0.15) is 0 Å². The fourth-order valence-electron chi connectivity index (χ4n) is 2.11. The molecule has 1 nitrogen and oxygen atoms in total. The third-order valence-electron chi connectivity index (χ3n) is 3.12. The zero-order valence-electron chi connectivity index (χ0n) is 10.1. The summed E-state index contributed by atoms with van der Waals surface area (Å²) in [5, 5.41) is 0. The van der Waals surface area contributed by atoms with Crippen molar-refractivity contribution < 1.29 is 18.0 Å². The van der Waals surface area contributed by atoms with Gasteiger partial charge in [0.05, 0.1) is 5.56 Å². The number of allylic oxidation sites excluding steroid dienone is 2. The van der Waals surface area contributed by atoms with Crippen LogP contribution in [-0.4, -0.2) is 5.78 Å². The highest BCUT2D eigenvalue weighted by Crippen LogP contribution is 2.36. The summed E-state index contributed by atoms with van der Waals surface area (Å²) in [5.74, 6) is -0.294. The Kier molecular flexibility index (Phi) is 4.13. The summed E-state index contributed by atoms with van der Waals surface area (Å²) in [6.45, 7) is 0. The van der Waals surface area contributed by atoms with Gasteiger partial charge in [-0.2, -0.15) is 13.2 Å². The number of rotatable bonds is 2. The van der Waals surface area contributed by atoms with Gasteiger partial charge in [0.25, 0.3) is 0 Å². The zero-order chi connectivity index (χ0) is 14.0. The van der Waals surface area contributed by atoms with Gasteiger partial charge in [0.15, 0.2) is 5.78 Å². The van der Waals surface area contributed by atoms with E-state index in [0.29, 0.717) is 12.0 Å². The van der Waals surface area contributed by atoms with E-state index >= 15 is 0 Å². The molecule has 0 saturated heterocycles. The summed E-state index contributed by atoms with van der Waals surface area (Å²) in [6.07, 6.45) is 0.794. The van der Waals surface area contributed by atoms with Gasteiger partial charge in [0, 0.05) is 10.0 Å². The molecule has 0 heterocycles. The Hall–Kier alpha value is -1.10. The molecule has 0 bridgehead atoms. The molecular weight excluding hydrogens is 321 g/mol. The van der Waals surface area contributed by atoms with E-state index in [9.17, 15) is 18.0 Å². The molecule has 5 heteroatoms. The Labute approximate surface area is 117 Å². The number of carbonyl (C=O) groups is 1. The van der Waals surface area contributed by atoms with Crippen molar-refractivity contribution in [2.45, 2.75) is 31.9 Å². The predicted molar refractivity (Wildman–Crippen MR) is 70.0 cm³/mol. The number of halogens is 4. The number of ketones is 1. The van der Waals surface area contributed by atoms with E-state index in [0.717, 1.165) is 25.3 Å². The molecule has 0 atom stereocenters. The molecule has 0 fully saturated rings. The summed E-state index contributed by atoms with van der Waals surface area (Å²) >= 11 is 2.87. The van der Waals surface area contributed by atoms with E-state index in [4.69, 9.17) is 0 Å². The van der Waals surface area contributed by atoms with Crippen LogP contribution in [0.4, 0.5) is 13.2 Å². The quantitative estimate of drug-likeness (QED) is 0.684. The molecular formula is C14H12BrF3O. The van der Waals surface area contributed by atoms with E-state index in [2.05, 4.69) is 15.9 Å². The molecule has 0 N–H and O–H groups in total. The van der Waals surface area contributed by atoms with Crippen LogP contribution in [0.25, 0.3) is 0 Å². The van der Waals surface area contributed by atoms with E-state index in [1.54, 1.807) is 0 Å². The fourth-order valence-corrected chi connectivity index (χ4v) is 2.58. The molecule has 0 amide bonds. The molecule has 19 heavy (non-hydrogen) atoms. The maximum absolute atomic E-state index is 12.8. The van der Waals surface area contributed by atoms with Crippen molar-refractivity contribution in [3.05, 3.63) is 45.4 Å². The Morgan fingerprint density at radius 2 is 1.95 bits per heavy atom. The van der Waals surface area contributed by atoms with Crippen molar-refractivity contribution in [3.63, 3.8) is 0 Å². The van der Waals surface area contributed by atoms with Crippen LogP contribution >= 0.6 is 15.9 Å². The first kappa shape index (κ1) is 14.3. The van der Waals surface area contributed by atoms with Gasteiger partial charge in [-0.1, -0.05) is 22.0 Å². The van der Waals surface area contributed by atoms with Crippen LogP contribution in [0.2, 0.25) is 0 Å². The summed E-state index contributed by atoms with van der Waals surface area (Å²) < 4.78 is 38.3. The number of carbonyl (C=O) groups excluding carboxylic acids is 1. The van der Waals surface area contributed by atoms with Crippen molar-refractivity contribution in [2.75, 3.05) is 0 Å².